The summed E-state index contributed by atoms with van der Waals surface area (Å²) < 4.78 is 0. The maximum Gasteiger partial charge on any atom is 0.327 e. The quantitative estimate of drug-likeness (QED) is 0.644. The average molecular weight is 184 g/mol. The van der Waals surface area contributed by atoms with Gasteiger partial charge in [-0.25, -0.2) is 4.79 Å². The Morgan fingerprint density at radius 2 is 2.00 bits per heavy atom. The van der Waals surface area contributed by atoms with Gasteiger partial charge >= 0.3 is 5.97 Å². The SMILES string of the molecule is CCC(C)C(CC)CC=CC(=O)O. The normalized spacial score (nSPS) is 15.9. The number of carbonyl (C=O) groups is 1. The second-order valence-electron chi connectivity index (χ2n) is 3.53. The summed E-state index contributed by atoms with van der Waals surface area (Å²) in [5.74, 6) is 0.461. The molecular formula is C11H20O2. The first-order chi connectivity index (χ1) is 6.11. The molecule has 0 saturated carbocycles. The predicted octanol–water partition coefficient (Wildman–Crippen LogP) is 3.09. The van der Waals surface area contributed by atoms with Gasteiger partial charge in [-0.2, -0.15) is 0 Å². The van der Waals surface area contributed by atoms with Crippen LogP contribution in [-0.4, -0.2) is 11.1 Å². The molecule has 0 aliphatic rings. The van der Waals surface area contributed by atoms with Crippen molar-refractivity contribution in [3.05, 3.63) is 12.2 Å². The summed E-state index contributed by atoms with van der Waals surface area (Å²) >= 11 is 0. The maximum atomic E-state index is 10.2. The number of hydrogen-bond donors (Lipinski definition) is 1. The lowest BCUT2D eigenvalue weighted by Crippen LogP contribution is -2.08. The first-order valence-electron chi connectivity index (χ1n) is 5.01. The van der Waals surface area contributed by atoms with Gasteiger partial charge in [-0.1, -0.05) is 39.7 Å². The Morgan fingerprint density at radius 3 is 2.38 bits per heavy atom. The topological polar surface area (TPSA) is 37.3 Å². The molecule has 0 amide bonds. The van der Waals surface area contributed by atoms with Crippen LogP contribution in [0.15, 0.2) is 12.2 Å². The van der Waals surface area contributed by atoms with E-state index >= 15 is 0 Å². The van der Waals surface area contributed by atoms with E-state index < -0.39 is 5.97 Å². The van der Waals surface area contributed by atoms with Crippen molar-refractivity contribution >= 4 is 5.97 Å². The van der Waals surface area contributed by atoms with Gasteiger partial charge in [-0.05, 0) is 18.3 Å². The predicted molar refractivity (Wildman–Crippen MR) is 54.6 cm³/mol. The van der Waals surface area contributed by atoms with Crippen LogP contribution < -0.4 is 0 Å². The molecule has 2 nitrogen and oxygen atoms in total. The van der Waals surface area contributed by atoms with Crippen molar-refractivity contribution in [2.45, 2.75) is 40.0 Å². The zero-order chi connectivity index (χ0) is 10.3. The fourth-order valence-corrected chi connectivity index (χ4v) is 1.48. The number of aliphatic carboxylic acids is 1. The molecule has 0 aromatic rings. The van der Waals surface area contributed by atoms with E-state index in [1.807, 2.05) is 0 Å². The standard InChI is InChI=1S/C11H20O2/c1-4-9(3)10(5-2)7-6-8-11(12)13/h6,8-10H,4-5,7H2,1-3H3,(H,12,13). The summed E-state index contributed by atoms with van der Waals surface area (Å²) in [5, 5.41) is 8.41. The van der Waals surface area contributed by atoms with Gasteiger partial charge in [0.2, 0.25) is 0 Å². The fourth-order valence-electron chi connectivity index (χ4n) is 1.48. The van der Waals surface area contributed by atoms with Crippen molar-refractivity contribution in [3.63, 3.8) is 0 Å². The Hall–Kier alpha value is -0.790. The third-order valence-corrected chi connectivity index (χ3v) is 2.67. The van der Waals surface area contributed by atoms with E-state index in [4.69, 9.17) is 5.11 Å². The molecule has 0 aliphatic heterocycles. The molecule has 1 N–H and O–H groups in total. The summed E-state index contributed by atoms with van der Waals surface area (Å²) in [6.07, 6.45) is 6.18. The summed E-state index contributed by atoms with van der Waals surface area (Å²) in [7, 11) is 0. The second kappa shape index (κ2) is 6.70. The van der Waals surface area contributed by atoms with Crippen molar-refractivity contribution in [1.82, 2.24) is 0 Å². The zero-order valence-corrected chi connectivity index (χ0v) is 8.79. The lowest BCUT2D eigenvalue weighted by molar-refractivity contribution is -0.131. The third-order valence-electron chi connectivity index (χ3n) is 2.67. The van der Waals surface area contributed by atoms with E-state index in [-0.39, 0.29) is 0 Å². The van der Waals surface area contributed by atoms with Crippen LogP contribution in [0.4, 0.5) is 0 Å². The monoisotopic (exact) mass is 184 g/mol. The first kappa shape index (κ1) is 12.2. The third kappa shape index (κ3) is 5.45. The van der Waals surface area contributed by atoms with E-state index in [1.165, 1.54) is 12.5 Å². The van der Waals surface area contributed by atoms with Crippen molar-refractivity contribution < 1.29 is 9.90 Å². The van der Waals surface area contributed by atoms with E-state index in [1.54, 1.807) is 6.08 Å². The number of rotatable bonds is 6. The first-order valence-corrected chi connectivity index (χ1v) is 5.01. The Balaban J connectivity index is 3.91. The molecule has 0 bridgehead atoms. The van der Waals surface area contributed by atoms with Crippen LogP contribution in [0.2, 0.25) is 0 Å². The Labute approximate surface area is 80.7 Å². The summed E-state index contributed by atoms with van der Waals surface area (Å²) in [5.41, 5.74) is 0. The van der Waals surface area contributed by atoms with Gasteiger partial charge in [0.15, 0.2) is 0 Å². The molecule has 2 heteroatoms. The van der Waals surface area contributed by atoms with E-state index in [2.05, 4.69) is 20.8 Å². The van der Waals surface area contributed by atoms with Gasteiger partial charge in [0.1, 0.15) is 0 Å². The Bertz CT molecular complexity index is 173. The number of allylic oxidation sites excluding steroid dienone is 1. The smallest absolute Gasteiger partial charge is 0.327 e. The minimum atomic E-state index is -0.848. The van der Waals surface area contributed by atoms with Crippen molar-refractivity contribution in [3.8, 4) is 0 Å². The fraction of sp³-hybridized carbons (Fsp3) is 0.727. The van der Waals surface area contributed by atoms with E-state index in [0.29, 0.717) is 11.8 Å². The maximum absolute atomic E-state index is 10.2. The average Bonchev–Trinajstić information content (AvgIpc) is 2.11. The van der Waals surface area contributed by atoms with Gasteiger partial charge in [0.05, 0.1) is 0 Å². The van der Waals surface area contributed by atoms with Crippen LogP contribution in [-0.2, 0) is 4.79 Å². The molecule has 2 atom stereocenters. The second-order valence-corrected chi connectivity index (χ2v) is 3.53. The molecule has 0 fully saturated rings. The van der Waals surface area contributed by atoms with Crippen LogP contribution in [0.5, 0.6) is 0 Å². The van der Waals surface area contributed by atoms with Crippen molar-refractivity contribution in [2.24, 2.45) is 11.8 Å². The molecule has 0 aromatic heterocycles. The highest BCUT2D eigenvalue weighted by Gasteiger charge is 2.11. The molecule has 0 saturated heterocycles. The molecule has 0 spiro atoms. The Morgan fingerprint density at radius 1 is 1.38 bits per heavy atom. The highest BCUT2D eigenvalue weighted by atomic mass is 16.4. The van der Waals surface area contributed by atoms with Crippen LogP contribution >= 0.6 is 0 Å². The summed E-state index contributed by atoms with van der Waals surface area (Å²) in [6.45, 7) is 6.56. The lowest BCUT2D eigenvalue weighted by Gasteiger charge is -2.19. The van der Waals surface area contributed by atoms with Gasteiger partial charge in [-0.15, -0.1) is 0 Å². The highest BCUT2D eigenvalue weighted by molar-refractivity contribution is 5.79. The molecule has 0 heterocycles. The molecule has 13 heavy (non-hydrogen) atoms. The van der Waals surface area contributed by atoms with Crippen LogP contribution in [0, 0.1) is 11.8 Å². The molecule has 0 aliphatic carbocycles. The van der Waals surface area contributed by atoms with Crippen molar-refractivity contribution in [2.75, 3.05) is 0 Å². The molecule has 0 aromatic carbocycles. The molecular weight excluding hydrogens is 164 g/mol. The lowest BCUT2D eigenvalue weighted by atomic mass is 9.87. The minimum Gasteiger partial charge on any atom is -0.478 e. The molecule has 2 unspecified atom stereocenters. The van der Waals surface area contributed by atoms with Crippen LogP contribution in [0.3, 0.4) is 0 Å². The summed E-state index contributed by atoms with van der Waals surface area (Å²) in [6, 6.07) is 0. The number of carboxylic acids is 1. The van der Waals surface area contributed by atoms with E-state index in [9.17, 15) is 4.79 Å². The highest BCUT2D eigenvalue weighted by Crippen LogP contribution is 2.22. The number of carboxylic acid groups (broad SMARTS) is 1. The van der Waals surface area contributed by atoms with Gasteiger partial charge in [0.25, 0.3) is 0 Å². The van der Waals surface area contributed by atoms with Crippen LogP contribution in [0.1, 0.15) is 40.0 Å². The largest absolute Gasteiger partial charge is 0.478 e. The molecule has 0 rings (SSSR count). The van der Waals surface area contributed by atoms with Crippen LogP contribution in [0.25, 0.3) is 0 Å². The van der Waals surface area contributed by atoms with Gasteiger partial charge in [0, 0.05) is 6.08 Å². The minimum absolute atomic E-state index is 0.626. The van der Waals surface area contributed by atoms with Gasteiger partial charge in [-0.3, -0.25) is 0 Å². The zero-order valence-electron chi connectivity index (χ0n) is 8.79. The Kier molecular flexibility index (Phi) is 6.29. The van der Waals surface area contributed by atoms with E-state index in [0.717, 1.165) is 12.8 Å². The molecule has 0 radical (unpaired) electrons. The van der Waals surface area contributed by atoms with Gasteiger partial charge < -0.3 is 5.11 Å². The summed E-state index contributed by atoms with van der Waals surface area (Å²) in [4.78, 5) is 10.2. The molecule has 76 valence electrons. The van der Waals surface area contributed by atoms with Crippen molar-refractivity contribution in [1.29, 1.82) is 0 Å². The number of hydrogen-bond acceptors (Lipinski definition) is 1.